The highest BCUT2D eigenvalue weighted by Crippen LogP contribution is 2.49. The van der Waals surface area contributed by atoms with Crippen LogP contribution in [0.25, 0.3) is 116 Å². The van der Waals surface area contributed by atoms with Crippen molar-refractivity contribution >= 4 is 93.5 Å². The lowest BCUT2D eigenvalue weighted by molar-refractivity contribution is 0.669. The van der Waals surface area contributed by atoms with Crippen LogP contribution in [-0.4, -0.2) is 4.57 Å². The van der Waals surface area contributed by atoms with Crippen molar-refractivity contribution in [2.24, 2.45) is 0 Å². The van der Waals surface area contributed by atoms with Gasteiger partial charge < -0.3 is 18.3 Å². The zero-order valence-electron chi connectivity index (χ0n) is 36.8. The number of rotatable bonds is 7. The number of furan rings is 2. The first kappa shape index (κ1) is 38.2. The molecule has 0 fully saturated rings. The van der Waals surface area contributed by atoms with Crippen LogP contribution in [0.1, 0.15) is 0 Å². The fourth-order valence-corrected chi connectivity index (χ4v) is 10.7. The summed E-state index contributed by atoms with van der Waals surface area (Å²) in [7, 11) is 0. The highest BCUT2D eigenvalue weighted by atomic mass is 16.3. The number of benzene rings is 11. The van der Waals surface area contributed by atoms with E-state index in [1.807, 2.05) is 6.07 Å². The van der Waals surface area contributed by atoms with Crippen LogP contribution < -0.4 is 4.90 Å². The summed E-state index contributed by atoms with van der Waals surface area (Å²) >= 11 is 0. The Morgan fingerprint density at radius 1 is 0.309 bits per heavy atom. The van der Waals surface area contributed by atoms with Crippen LogP contribution in [0.15, 0.2) is 251 Å². The summed E-state index contributed by atoms with van der Waals surface area (Å²) in [6, 6.07) is 87.0. The highest BCUT2D eigenvalue weighted by molar-refractivity contribution is 6.15. The van der Waals surface area contributed by atoms with Crippen molar-refractivity contribution in [1.29, 1.82) is 0 Å². The first-order valence-electron chi connectivity index (χ1n) is 23.2. The summed E-state index contributed by atoms with van der Waals surface area (Å²) in [5, 5.41) is 9.18. The maximum absolute atomic E-state index is 6.96. The van der Waals surface area contributed by atoms with Crippen LogP contribution in [0.5, 0.6) is 0 Å². The molecule has 0 saturated heterocycles. The summed E-state index contributed by atoms with van der Waals surface area (Å²) in [5.74, 6) is 0. The highest BCUT2D eigenvalue weighted by Gasteiger charge is 2.25. The molecule has 318 valence electrons. The van der Waals surface area contributed by atoms with E-state index >= 15 is 0 Å². The molecule has 4 heteroatoms. The molecular formula is C64H40N2O2. The van der Waals surface area contributed by atoms with Gasteiger partial charge >= 0.3 is 0 Å². The normalized spacial score (nSPS) is 11.8. The Morgan fingerprint density at radius 2 is 0.853 bits per heavy atom. The van der Waals surface area contributed by atoms with Gasteiger partial charge in [0.25, 0.3) is 0 Å². The summed E-state index contributed by atoms with van der Waals surface area (Å²) in [5.41, 5.74) is 16.3. The van der Waals surface area contributed by atoms with Gasteiger partial charge in [-0.05, 0) is 88.6 Å². The minimum absolute atomic E-state index is 0.843. The maximum Gasteiger partial charge on any atom is 0.143 e. The molecule has 0 amide bonds. The smallest absolute Gasteiger partial charge is 0.143 e. The van der Waals surface area contributed by atoms with E-state index in [0.29, 0.717) is 0 Å². The van der Waals surface area contributed by atoms with E-state index in [1.54, 1.807) is 0 Å². The molecule has 4 nitrogen and oxygen atoms in total. The van der Waals surface area contributed by atoms with Gasteiger partial charge in [0.05, 0.1) is 22.4 Å². The van der Waals surface area contributed by atoms with Crippen LogP contribution in [0.4, 0.5) is 17.1 Å². The fraction of sp³-hybridized carbons (Fsp3) is 0. The van der Waals surface area contributed by atoms with Crippen molar-refractivity contribution < 1.29 is 8.83 Å². The van der Waals surface area contributed by atoms with Gasteiger partial charge in [-0.25, -0.2) is 0 Å². The summed E-state index contributed by atoms with van der Waals surface area (Å²) in [6.45, 7) is 0. The van der Waals surface area contributed by atoms with Gasteiger partial charge in [-0.1, -0.05) is 176 Å². The van der Waals surface area contributed by atoms with Crippen LogP contribution in [0, 0.1) is 0 Å². The van der Waals surface area contributed by atoms with Crippen molar-refractivity contribution in [2.75, 3.05) is 4.90 Å². The molecule has 11 aromatic carbocycles. The maximum atomic E-state index is 6.96. The van der Waals surface area contributed by atoms with Crippen molar-refractivity contribution in [1.82, 2.24) is 4.57 Å². The van der Waals surface area contributed by atoms with Gasteiger partial charge in [-0.15, -0.1) is 0 Å². The molecule has 0 spiro atoms. The molecule has 0 bridgehead atoms. The minimum Gasteiger partial charge on any atom is -0.455 e. The number of anilines is 3. The zero-order valence-corrected chi connectivity index (χ0v) is 36.8. The van der Waals surface area contributed by atoms with Crippen molar-refractivity contribution in [3.63, 3.8) is 0 Å². The Hall–Kier alpha value is -9.12. The summed E-state index contributed by atoms with van der Waals surface area (Å²) in [6.07, 6.45) is 0. The number of hydrogen-bond acceptors (Lipinski definition) is 3. The van der Waals surface area contributed by atoms with E-state index in [4.69, 9.17) is 8.83 Å². The second-order valence-corrected chi connectivity index (χ2v) is 17.6. The van der Waals surface area contributed by atoms with Crippen LogP contribution >= 0.6 is 0 Å². The second-order valence-electron chi connectivity index (χ2n) is 17.6. The largest absolute Gasteiger partial charge is 0.455 e. The standard InChI is InChI=1S/C64H40N2O2/c1-2-17-43-38-44(33-32-41(43)16-1)42-34-36-45(37-35-42)65(57-26-9-5-20-49(57)53-24-15-25-54-51-22-7-13-30-61(51)67-63(53)54)46-39-55(64-56(40-46)52-23-8-14-31-62(52)68-64)50-21-6-12-29-60(50)66-58-27-10-3-18-47(58)48-19-4-11-28-59(48)66/h1-40H. The predicted octanol–water partition coefficient (Wildman–Crippen LogP) is 18.2. The molecule has 0 saturated carbocycles. The topological polar surface area (TPSA) is 34.5 Å². The Kier molecular flexibility index (Phi) is 8.55. The predicted molar refractivity (Wildman–Crippen MR) is 284 cm³/mol. The lowest BCUT2D eigenvalue weighted by atomic mass is 9.96. The minimum atomic E-state index is 0.843. The van der Waals surface area contributed by atoms with E-state index in [-0.39, 0.29) is 0 Å². The summed E-state index contributed by atoms with van der Waals surface area (Å²) in [4.78, 5) is 2.41. The average molecular weight is 869 g/mol. The second kappa shape index (κ2) is 15.2. The lowest BCUT2D eigenvalue weighted by Crippen LogP contribution is -2.11. The van der Waals surface area contributed by atoms with Crippen LogP contribution in [0.3, 0.4) is 0 Å². The lowest BCUT2D eigenvalue weighted by Gasteiger charge is -2.29. The summed E-state index contributed by atoms with van der Waals surface area (Å²) < 4.78 is 16.1. The van der Waals surface area contributed by atoms with E-state index in [2.05, 4.69) is 246 Å². The average Bonchev–Trinajstić information content (AvgIpc) is 4.09. The molecule has 0 aliphatic carbocycles. The van der Waals surface area contributed by atoms with Gasteiger partial charge in [0, 0.05) is 65.9 Å². The molecule has 0 aliphatic rings. The third-order valence-corrected chi connectivity index (χ3v) is 13.8. The fourth-order valence-electron chi connectivity index (χ4n) is 10.7. The Bertz CT molecular complexity index is 4230. The van der Waals surface area contributed by atoms with E-state index < -0.39 is 0 Å². The van der Waals surface area contributed by atoms with Crippen LogP contribution in [0.2, 0.25) is 0 Å². The molecule has 0 radical (unpaired) electrons. The Labute approximate surface area is 391 Å². The van der Waals surface area contributed by atoms with Crippen molar-refractivity contribution in [3.05, 3.63) is 243 Å². The molecule has 14 aromatic rings. The molecule has 0 aliphatic heterocycles. The first-order chi connectivity index (χ1) is 33.7. The SMILES string of the molecule is c1ccc(N(c2ccc(-c3ccc4ccccc4c3)cc2)c2cc(-c3ccccc3-n3c4ccccc4c4ccccc43)c3oc4ccccc4c3c2)c(-c2cccc3c2oc2ccccc23)c1. The first-order valence-corrected chi connectivity index (χ1v) is 23.2. The molecule has 0 atom stereocenters. The third kappa shape index (κ3) is 5.94. The molecule has 0 N–H and O–H groups in total. The number of aromatic nitrogens is 1. The van der Waals surface area contributed by atoms with Gasteiger partial charge in [0.2, 0.25) is 0 Å². The van der Waals surface area contributed by atoms with E-state index in [9.17, 15) is 0 Å². The molecule has 3 aromatic heterocycles. The van der Waals surface area contributed by atoms with Gasteiger partial charge in [0.1, 0.15) is 22.3 Å². The van der Waals surface area contributed by atoms with Crippen molar-refractivity contribution in [2.45, 2.75) is 0 Å². The number of para-hydroxylation sites is 7. The van der Waals surface area contributed by atoms with Gasteiger partial charge in [-0.3, -0.25) is 0 Å². The Balaban J connectivity index is 1.04. The molecule has 3 heterocycles. The van der Waals surface area contributed by atoms with Gasteiger partial charge in [0.15, 0.2) is 0 Å². The Morgan fingerprint density at radius 3 is 1.60 bits per heavy atom. The molecular weight excluding hydrogens is 829 g/mol. The third-order valence-electron chi connectivity index (χ3n) is 13.8. The molecule has 68 heavy (non-hydrogen) atoms. The number of fused-ring (bicyclic) bond motifs is 10. The van der Waals surface area contributed by atoms with Crippen LogP contribution in [-0.2, 0) is 0 Å². The van der Waals surface area contributed by atoms with Crippen molar-refractivity contribution in [3.8, 4) is 39.1 Å². The monoisotopic (exact) mass is 868 g/mol. The number of hydrogen-bond donors (Lipinski definition) is 0. The van der Waals surface area contributed by atoms with E-state index in [0.717, 1.165) is 105 Å². The molecule has 14 rings (SSSR count). The molecule has 0 unspecified atom stereocenters. The zero-order chi connectivity index (χ0) is 44.7. The number of nitrogens with zero attached hydrogens (tertiary/aromatic N) is 2. The van der Waals surface area contributed by atoms with E-state index in [1.165, 1.54) is 27.1 Å². The van der Waals surface area contributed by atoms with Gasteiger partial charge in [-0.2, -0.15) is 0 Å². The quantitative estimate of drug-likeness (QED) is 0.160.